The molecule has 4 heterocycles. The van der Waals surface area contributed by atoms with E-state index in [1.54, 1.807) is 22.2 Å². The van der Waals surface area contributed by atoms with Crippen LogP contribution in [-0.4, -0.2) is 43.8 Å². The Labute approximate surface area is 155 Å². The van der Waals surface area contributed by atoms with E-state index < -0.39 is 0 Å². The van der Waals surface area contributed by atoms with Crippen molar-refractivity contribution in [3.63, 3.8) is 0 Å². The van der Waals surface area contributed by atoms with Crippen molar-refractivity contribution in [1.82, 2.24) is 24.8 Å². The fraction of sp³-hybridized carbons (Fsp3) is 0.444. The van der Waals surface area contributed by atoms with E-state index in [4.69, 9.17) is 4.52 Å². The third kappa shape index (κ3) is 3.55. The van der Waals surface area contributed by atoms with Crippen molar-refractivity contribution in [2.45, 2.75) is 32.2 Å². The molecule has 1 aliphatic rings. The molecule has 3 aromatic heterocycles. The van der Waals surface area contributed by atoms with Gasteiger partial charge in [-0.15, -0.1) is 0 Å². The van der Waals surface area contributed by atoms with Crippen LogP contribution < -0.4 is 0 Å². The Morgan fingerprint density at radius 1 is 1.50 bits per heavy atom. The minimum absolute atomic E-state index is 0.114. The molecule has 0 aromatic carbocycles. The van der Waals surface area contributed by atoms with Crippen molar-refractivity contribution < 1.29 is 9.32 Å². The van der Waals surface area contributed by atoms with Gasteiger partial charge >= 0.3 is 0 Å². The lowest BCUT2D eigenvalue weighted by Crippen LogP contribution is -2.43. The Morgan fingerprint density at radius 3 is 3.19 bits per heavy atom. The van der Waals surface area contributed by atoms with Crippen LogP contribution in [-0.2, 0) is 11.2 Å². The molecule has 1 saturated heterocycles. The van der Waals surface area contributed by atoms with Crippen LogP contribution in [0.3, 0.4) is 0 Å². The van der Waals surface area contributed by atoms with Gasteiger partial charge in [-0.25, -0.2) is 0 Å². The molecule has 136 valence electrons. The Balaban J connectivity index is 1.38. The zero-order chi connectivity index (χ0) is 17.9. The Kier molecular flexibility index (Phi) is 4.83. The second kappa shape index (κ2) is 7.41. The summed E-state index contributed by atoms with van der Waals surface area (Å²) in [7, 11) is 0. The van der Waals surface area contributed by atoms with E-state index in [2.05, 4.69) is 15.2 Å². The summed E-state index contributed by atoms with van der Waals surface area (Å²) in [6.45, 7) is 3.41. The molecular weight excluding hydrogens is 350 g/mol. The summed E-state index contributed by atoms with van der Waals surface area (Å²) in [6.07, 6.45) is 6.29. The second-order valence-corrected chi connectivity index (χ2v) is 7.46. The number of hydrogen-bond acceptors (Lipinski definition) is 6. The topological polar surface area (TPSA) is 77.0 Å². The molecule has 8 heteroatoms. The van der Waals surface area contributed by atoms with Gasteiger partial charge in [0, 0.05) is 42.8 Å². The number of aromatic nitrogens is 4. The molecule has 1 fully saturated rings. The van der Waals surface area contributed by atoms with E-state index >= 15 is 0 Å². The number of piperidine rings is 1. The van der Waals surface area contributed by atoms with E-state index in [0.717, 1.165) is 31.5 Å². The number of thiophene rings is 1. The predicted molar refractivity (Wildman–Crippen MR) is 97.6 cm³/mol. The number of carbonyl (C=O) groups is 1. The van der Waals surface area contributed by atoms with Gasteiger partial charge in [0.05, 0.1) is 0 Å². The molecule has 3 aromatic rings. The fourth-order valence-corrected chi connectivity index (χ4v) is 4.05. The summed E-state index contributed by atoms with van der Waals surface area (Å²) in [5.41, 5.74) is 0.985. The summed E-state index contributed by atoms with van der Waals surface area (Å²) in [6, 6.07) is 3.54. The first-order valence-electron chi connectivity index (χ1n) is 8.84. The Morgan fingerprint density at radius 2 is 2.42 bits per heavy atom. The fourth-order valence-electron chi connectivity index (χ4n) is 3.41. The number of amides is 1. The predicted octanol–water partition coefficient (Wildman–Crippen LogP) is 3.04. The molecule has 2 atom stereocenters. The van der Waals surface area contributed by atoms with E-state index in [9.17, 15) is 4.79 Å². The highest BCUT2D eigenvalue weighted by molar-refractivity contribution is 7.08. The lowest BCUT2D eigenvalue weighted by atomic mass is 9.94. The largest absolute Gasteiger partial charge is 0.341 e. The summed E-state index contributed by atoms with van der Waals surface area (Å²) in [4.78, 5) is 19.2. The third-order valence-electron chi connectivity index (χ3n) is 4.82. The highest BCUT2D eigenvalue weighted by Gasteiger charge is 2.28. The monoisotopic (exact) mass is 371 g/mol. The summed E-state index contributed by atoms with van der Waals surface area (Å²) in [5.74, 6) is 1.74. The van der Waals surface area contributed by atoms with Crippen molar-refractivity contribution in [1.29, 1.82) is 0 Å². The molecule has 26 heavy (non-hydrogen) atoms. The molecule has 0 unspecified atom stereocenters. The van der Waals surface area contributed by atoms with Gasteiger partial charge in [-0.3, -0.25) is 9.48 Å². The van der Waals surface area contributed by atoms with Gasteiger partial charge < -0.3 is 9.42 Å². The van der Waals surface area contributed by atoms with Gasteiger partial charge in [-0.2, -0.15) is 21.4 Å². The second-order valence-electron chi connectivity index (χ2n) is 6.68. The molecular formula is C18H21N5O2S. The quantitative estimate of drug-likeness (QED) is 0.689. The van der Waals surface area contributed by atoms with Crippen molar-refractivity contribution in [3.05, 3.63) is 41.2 Å². The molecule has 7 nitrogen and oxygen atoms in total. The van der Waals surface area contributed by atoms with Crippen LogP contribution >= 0.6 is 11.3 Å². The number of rotatable bonds is 5. The molecule has 0 N–H and O–H groups in total. The van der Waals surface area contributed by atoms with Gasteiger partial charge in [0.1, 0.15) is 6.04 Å². The zero-order valence-electron chi connectivity index (χ0n) is 14.6. The maximum atomic E-state index is 12.8. The van der Waals surface area contributed by atoms with Crippen LogP contribution in [0.2, 0.25) is 0 Å². The maximum absolute atomic E-state index is 12.8. The minimum Gasteiger partial charge on any atom is -0.341 e. The smallest absolute Gasteiger partial charge is 0.247 e. The molecule has 0 saturated carbocycles. The van der Waals surface area contributed by atoms with Crippen LogP contribution in [0.5, 0.6) is 0 Å². The lowest BCUT2D eigenvalue weighted by Gasteiger charge is -2.33. The number of carbonyl (C=O) groups excluding carboxylic acids is 1. The molecule has 0 bridgehead atoms. The van der Waals surface area contributed by atoms with E-state index in [1.807, 2.05) is 40.9 Å². The summed E-state index contributed by atoms with van der Waals surface area (Å²) in [5, 5.41) is 12.3. The minimum atomic E-state index is -0.280. The molecule has 1 aliphatic heterocycles. The zero-order valence-corrected chi connectivity index (χ0v) is 15.4. The van der Waals surface area contributed by atoms with Gasteiger partial charge in [0.2, 0.25) is 17.6 Å². The maximum Gasteiger partial charge on any atom is 0.247 e. The SMILES string of the molecule is C[C@@H](C(=O)N1CCC[C@@H](Cc2nc(-c3ccsc3)no2)C1)n1cccn1. The first-order chi connectivity index (χ1) is 12.7. The van der Waals surface area contributed by atoms with E-state index in [-0.39, 0.29) is 11.9 Å². The first-order valence-corrected chi connectivity index (χ1v) is 9.78. The summed E-state index contributed by atoms with van der Waals surface area (Å²) < 4.78 is 7.12. The summed E-state index contributed by atoms with van der Waals surface area (Å²) >= 11 is 1.61. The molecule has 0 radical (unpaired) electrons. The van der Waals surface area contributed by atoms with Crippen molar-refractivity contribution in [2.24, 2.45) is 5.92 Å². The highest BCUT2D eigenvalue weighted by Crippen LogP contribution is 2.24. The van der Waals surface area contributed by atoms with Gasteiger partial charge in [-0.05, 0) is 43.2 Å². The Bertz CT molecular complexity index is 843. The normalized spacial score (nSPS) is 18.8. The molecule has 0 spiro atoms. The molecule has 1 amide bonds. The average molecular weight is 371 g/mol. The Hall–Kier alpha value is -2.48. The van der Waals surface area contributed by atoms with Gasteiger partial charge in [0.25, 0.3) is 0 Å². The third-order valence-corrected chi connectivity index (χ3v) is 5.50. The standard InChI is InChI=1S/C18H21N5O2S/c1-13(23-8-3-6-19-23)18(24)22-7-2-4-14(11-22)10-16-20-17(21-25-16)15-5-9-26-12-15/h3,5-6,8-9,12-14H,2,4,7,10-11H2,1H3/t13-,14-/m0/s1. The van der Waals surface area contributed by atoms with Gasteiger partial charge in [0.15, 0.2) is 0 Å². The average Bonchev–Trinajstić information content (AvgIpc) is 3.42. The lowest BCUT2D eigenvalue weighted by molar-refractivity contribution is -0.136. The van der Waals surface area contributed by atoms with Crippen LogP contribution in [0, 0.1) is 5.92 Å². The number of nitrogens with zero attached hydrogens (tertiary/aromatic N) is 5. The number of likely N-dealkylation sites (tertiary alicyclic amines) is 1. The van der Waals surface area contributed by atoms with Crippen molar-refractivity contribution in [2.75, 3.05) is 13.1 Å². The van der Waals surface area contributed by atoms with Crippen LogP contribution in [0.1, 0.15) is 31.7 Å². The van der Waals surface area contributed by atoms with Crippen LogP contribution in [0.25, 0.3) is 11.4 Å². The molecule has 0 aliphatic carbocycles. The van der Waals surface area contributed by atoms with Crippen LogP contribution in [0.4, 0.5) is 0 Å². The van der Waals surface area contributed by atoms with Crippen molar-refractivity contribution >= 4 is 17.2 Å². The van der Waals surface area contributed by atoms with Gasteiger partial charge in [-0.1, -0.05) is 5.16 Å². The van der Waals surface area contributed by atoms with Crippen molar-refractivity contribution in [3.8, 4) is 11.4 Å². The van der Waals surface area contributed by atoms with Crippen LogP contribution in [0.15, 0.2) is 39.8 Å². The van der Waals surface area contributed by atoms with E-state index in [0.29, 0.717) is 24.1 Å². The number of hydrogen-bond donors (Lipinski definition) is 0. The first kappa shape index (κ1) is 17.0. The van der Waals surface area contributed by atoms with E-state index in [1.165, 1.54) is 0 Å². The highest BCUT2D eigenvalue weighted by atomic mass is 32.1. The molecule has 4 rings (SSSR count).